The zero-order valence-electron chi connectivity index (χ0n) is 17.2. The van der Waals surface area contributed by atoms with Crippen LogP contribution in [0.5, 0.6) is 0 Å². The van der Waals surface area contributed by atoms with E-state index in [1.54, 1.807) is 6.08 Å². The molecule has 1 heterocycles. The summed E-state index contributed by atoms with van der Waals surface area (Å²) < 4.78 is 0. The van der Waals surface area contributed by atoms with Crippen LogP contribution in [0.3, 0.4) is 0 Å². The quantitative estimate of drug-likeness (QED) is 0.266. The van der Waals surface area contributed by atoms with Crippen LogP contribution < -0.4 is 11.5 Å². The van der Waals surface area contributed by atoms with E-state index in [4.69, 9.17) is 21.7 Å². The number of rotatable bonds is 8. The predicted molar refractivity (Wildman–Crippen MR) is 127 cm³/mol. The Kier molecular flexibility index (Phi) is 8.63. The number of carboxylic acid groups (broad SMARTS) is 1. The van der Waals surface area contributed by atoms with E-state index in [9.17, 15) is 4.79 Å². The van der Waals surface area contributed by atoms with E-state index in [1.807, 2.05) is 48.5 Å². The SMILES string of the molecule is C=C/C(=C\C(=C)c1cccc(Sc2nc3ccc(N)cc3[nH]2)c1)CC(N)C(=O)O.CO. The number of fused-ring (bicyclic) bond motifs is 1. The third kappa shape index (κ3) is 6.58. The van der Waals surface area contributed by atoms with Gasteiger partial charge >= 0.3 is 5.97 Å². The number of benzene rings is 2. The van der Waals surface area contributed by atoms with Gasteiger partial charge in [-0.3, -0.25) is 4.79 Å². The van der Waals surface area contributed by atoms with Gasteiger partial charge in [0, 0.05) is 17.7 Å². The van der Waals surface area contributed by atoms with Crippen LogP contribution in [-0.4, -0.2) is 39.3 Å². The van der Waals surface area contributed by atoms with Crippen molar-refractivity contribution in [2.24, 2.45) is 5.73 Å². The number of aromatic nitrogens is 2. The Bertz CT molecular complexity index is 1120. The molecule has 1 atom stereocenters. The summed E-state index contributed by atoms with van der Waals surface area (Å²) in [6, 6.07) is 12.5. The van der Waals surface area contributed by atoms with Gasteiger partial charge in [-0.1, -0.05) is 49.2 Å². The number of nitrogen functional groups attached to an aromatic ring is 1. The van der Waals surface area contributed by atoms with Crippen molar-refractivity contribution in [2.75, 3.05) is 12.8 Å². The number of hydrogen-bond donors (Lipinski definition) is 5. The van der Waals surface area contributed by atoms with E-state index in [2.05, 4.69) is 23.1 Å². The van der Waals surface area contributed by atoms with Gasteiger partial charge in [0.1, 0.15) is 6.04 Å². The first kappa shape index (κ1) is 23.9. The van der Waals surface area contributed by atoms with Crippen molar-refractivity contribution in [3.8, 4) is 0 Å². The first-order valence-electron chi connectivity index (χ1n) is 9.34. The second kappa shape index (κ2) is 11.2. The van der Waals surface area contributed by atoms with Gasteiger partial charge < -0.3 is 26.7 Å². The molecule has 0 amide bonds. The summed E-state index contributed by atoms with van der Waals surface area (Å²) >= 11 is 1.50. The largest absolute Gasteiger partial charge is 0.480 e. The molecular weight excluding hydrogens is 412 g/mol. The number of aliphatic carboxylic acids is 1. The average molecular weight is 439 g/mol. The van der Waals surface area contributed by atoms with Crippen LogP contribution in [0.2, 0.25) is 0 Å². The topological polar surface area (TPSA) is 138 Å². The number of aliphatic hydroxyl groups excluding tert-OH is 1. The minimum absolute atomic E-state index is 0.189. The van der Waals surface area contributed by atoms with Crippen molar-refractivity contribution in [2.45, 2.75) is 22.5 Å². The van der Waals surface area contributed by atoms with E-state index in [1.165, 1.54) is 11.8 Å². The summed E-state index contributed by atoms with van der Waals surface area (Å²) in [5, 5.41) is 16.8. The Hall–Kier alpha value is -3.33. The molecule has 0 fully saturated rings. The van der Waals surface area contributed by atoms with Crippen molar-refractivity contribution < 1.29 is 15.0 Å². The Balaban J connectivity index is 0.00000166. The van der Waals surface area contributed by atoms with Crippen molar-refractivity contribution in [3.63, 3.8) is 0 Å². The van der Waals surface area contributed by atoms with Crippen molar-refractivity contribution in [1.82, 2.24) is 9.97 Å². The molecule has 1 unspecified atom stereocenters. The molecule has 31 heavy (non-hydrogen) atoms. The van der Waals surface area contributed by atoms with Crippen LogP contribution in [0.25, 0.3) is 16.6 Å². The van der Waals surface area contributed by atoms with E-state index in [0.29, 0.717) is 5.69 Å². The van der Waals surface area contributed by atoms with Gasteiger partial charge in [-0.2, -0.15) is 0 Å². The minimum atomic E-state index is -1.05. The molecule has 0 bridgehead atoms. The van der Waals surface area contributed by atoms with Crippen molar-refractivity contribution >= 4 is 40.0 Å². The van der Waals surface area contributed by atoms with Crippen LogP contribution in [-0.2, 0) is 4.79 Å². The Morgan fingerprint density at radius 3 is 2.71 bits per heavy atom. The molecule has 7 nitrogen and oxygen atoms in total. The maximum atomic E-state index is 11.0. The molecule has 3 rings (SSSR count). The molecular formula is C23H26N4O3S. The fourth-order valence-electron chi connectivity index (χ4n) is 2.77. The van der Waals surface area contributed by atoms with Crippen LogP contribution in [0.1, 0.15) is 12.0 Å². The summed E-state index contributed by atoms with van der Waals surface area (Å²) in [5.74, 6) is -1.05. The number of nitrogens with one attached hydrogen (secondary N) is 1. The fourth-order valence-corrected chi connectivity index (χ4v) is 3.63. The van der Waals surface area contributed by atoms with Gasteiger partial charge in [-0.15, -0.1) is 0 Å². The van der Waals surface area contributed by atoms with Gasteiger partial charge in [0.2, 0.25) is 0 Å². The normalized spacial score (nSPS) is 12.0. The zero-order valence-corrected chi connectivity index (χ0v) is 18.0. The molecule has 3 aromatic rings. The average Bonchev–Trinajstić information content (AvgIpc) is 3.15. The fraction of sp³-hybridized carbons (Fsp3) is 0.130. The van der Waals surface area contributed by atoms with Gasteiger partial charge in [-0.25, -0.2) is 4.98 Å². The van der Waals surface area contributed by atoms with E-state index in [0.717, 1.165) is 44.9 Å². The number of H-pyrrole nitrogens is 1. The minimum Gasteiger partial charge on any atom is -0.480 e. The number of nitrogens with zero attached hydrogens (tertiary/aromatic N) is 1. The molecule has 162 valence electrons. The number of imidazole rings is 1. The lowest BCUT2D eigenvalue weighted by molar-refractivity contribution is -0.138. The highest BCUT2D eigenvalue weighted by molar-refractivity contribution is 7.99. The van der Waals surface area contributed by atoms with Crippen LogP contribution in [0, 0.1) is 0 Å². The lowest BCUT2D eigenvalue weighted by Crippen LogP contribution is -2.30. The molecule has 1 aromatic heterocycles. The summed E-state index contributed by atoms with van der Waals surface area (Å²) in [6.45, 7) is 7.84. The van der Waals surface area contributed by atoms with E-state index < -0.39 is 12.0 Å². The standard InChI is InChI=1S/C22H22N4O2S.CH4O/c1-3-14(10-18(24)21(27)28)9-13(2)15-5-4-6-17(11-15)29-22-25-19-8-7-16(23)12-20(19)26-22;1-2/h3-9,11-12,18H,1-2,10,23-24H2,(H,25,26)(H,27,28);2H,1H3/b14-9+;. The van der Waals surface area contributed by atoms with Gasteiger partial charge in [0.15, 0.2) is 5.16 Å². The molecule has 0 radical (unpaired) electrons. The zero-order chi connectivity index (χ0) is 23.0. The van der Waals surface area contributed by atoms with Gasteiger partial charge in [0.25, 0.3) is 0 Å². The Labute approximate surface area is 185 Å². The summed E-state index contributed by atoms with van der Waals surface area (Å²) in [5.41, 5.74) is 16.3. The van der Waals surface area contributed by atoms with Gasteiger partial charge in [0.05, 0.1) is 11.0 Å². The number of carboxylic acids is 1. The molecule has 0 aliphatic carbocycles. The summed E-state index contributed by atoms with van der Waals surface area (Å²) in [6.07, 6.45) is 3.60. The number of aliphatic hydroxyl groups is 1. The second-order valence-electron chi connectivity index (χ2n) is 6.55. The lowest BCUT2D eigenvalue weighted by atomic mass is 10.0. The highest BCUT2D eigenvalue weighted by atomic mass is 32.2. The Morgan fingerprint density at radius 1 is 1.29 bits per heavy atom. The molecule has 0 spiro atoms. The monoisotopic (exact) mass is 438 g/mol. The first-order valence-corrected chi connectivity index (χ1v) is 10.2. The van der Waals surface area contributed by atoms with Crippen LogP contribution in [0.15, 0.2) is 83.4 Å². The molecule has 0 aliphatic heterocycles. The molecule has 0 saturated heterocycles. The number of hydrogen-bond acceptors (Lipinski definition) is 6. The Morgan fingerprint density at radius 2 is 2.03 bits per heavy atom. The molecule has 0 saturated carbocycles. The molecule has 8 heteroatoms. The van der Waals surface area contributed by atoms with Crippen LogP contribution >= 0.6 is 11.8 Å². The molecule has 2 aromatic carbocycles. The smallest absolute Gasteiger partial charge is 0.320 e. The second-order valence-corrected chi connectivity index (χ2v) is 7.61. The van der Waals surface area contributed by atoms with E-state index in [-0.39, 0.29) is 6.42 Å². The maximum Gasteiger partial charge on any atom is 0.320 e. The molecule has 7 N–H and O–H groups in total. The van der Waals surface area contributed by atoms with Crippen molar-refractivity contribution in [3.05, 3.63) is 78.9 Å². The number of anilines is 1. The van der Waals surface area contributed by atoms with Crippen molar-refractivity contribution in [1.29, 1.82) is 0 Å². The van der Waals surface area contributed by atoms with E-state index >= 15 is 0 Å². The maximum absolute atomic E-state index is 11.0. The van der Waals surface area contributed by atoms with Crippen LogP contribution in [0.4, 0.5) is 5.69 Å². The third-order valence-corrected chi connectivity index (χ3v) is 5.17. The lowest BCUT2D eigenvalue weighted by Gasteiger charge is -2.09. The summed E-state index contributed by atoms with van der Waals surface area (Å²) in [7, 11) is 1.00. The number of allylic oxidation sites excluding steroid dienone is 3. The first-order chi connectivity index (χ1) is 14.9. The summed E-state index contributed by atoms with van der Waals surface area (Å²) in [4.78, 5) is 19.8. The third-order valence-electron chi connectivity index (χ3n) is 4.30. The highest BCUT2D eigenvalue weighted by Crippen LogP contribution is 2.30. The highest BCUT2D eigenvalue weighted by Gasteiger charge is 2.13. The predicted octanol–water partition coefficient (Wildman–Crippen LogP) is 3.83. The van der Waals surface area contributed by atoms with Gasteiger partial charge in [-0.05, 0) is 53.5 Å². The number of nitrogens with two attached hydrogens (primary N) is 2. The number of aromatic amines is 1. The molecule has 0 aliphatic rings. The number of carbonyl (C=O) groups is 1.